The summed E-state index contributed by atoms with van der Waals surface area (Å²) < 4.78 is 14.3. The lowest BCUT2D eigenvalue weighted by molar-refractivity contribution is -0.116. The number of likely N-dealkylation sites (N-methyl/N-ethyl adjacent to an activating group) is 1. The molecule has 2 aromatic rings. The first-order chi connectivity index (χ1) is 12.3. The summed E-state index contributed by atoms with van der Waals surface area (Å²) in [6.07, 6.45) is 2.20. The summed E-state index contributed by atoms with van der Waals surface area (Å²) in [5.41, 5.74) is 1.06. The molecular weight excluding hydrogens is 427 g/mol. The van der Waals surface area contributed by atoms with E-state index in [-0.39, 0.29) is 24.3 Å². The average molecular weight is 442 g/mol. The van der Waals surface area contributed by atoms with Gasteiger partial charge in [-0.1, -0.05) is 27.5 Å². The maximum absolute atomic E-state index is 13.5. The highest BCUT2D eigenvalue weighted by molar-refractivity contribution is 9.10. The topological polar surface area (TPSA) is 75.2 Å². The van der Waals surface area contributed by atoms with Crippen LogP contribution in [0.15, 0.2) is 35.1 Å². The van der Waals surface area contributed by atoms with Gasteiger partial charge >= 0.3 is 0 Å². The van der Waals surface area contributed by atoms with Gasteiger partial charge in [0.2, 0.25) is 11.9 Å². The third-order valence-corrected chi connectivity index (χ3v) is 4.64. The first-order valence-electron chi connectivity index (χ1n) is 7.81. The molecule has 0 radical (unpaired) electrons. The lowest BCUT2D eigenvalue weighted by Crippen LogP contribution is -2.35. The monoisotopic (exact) mass is 440 g/mol. The summed E-state index contributed by atoms with van der Waals surface area (Å²) in [6.45, 7) is -0.190. The van der Waals surface area contributed by atoms with E-state index >= 15 is 0 Å². The van der Waals surface area contributed by atoms with Crippen LogP contribution in [0, 0.1) is 0 Å². The first kappa shape index (κ1) is 18.7. The van der Waals surface area contributed by atoms with Gasteiger partial charge in [-0.05, 0) is 30.2 Å². The highest BCUT2D eigenvalue weighted by atomic mass is 79.9. The molecule has 1 aliphatic rings. The van der Waals surface area contributed by atoms with Crippen LogP contribution >= 0.6 is 27.5 Å². The third-order valence-electron chi connectivity index (χ3n) is 3.96. The van der Waals surface area contributed by atoms with Crippen LogP contribution in [-0.2, 0) is 4.79 Å². The normalized spacial score (nSPS) is 18.3. The first-order valence-corrected chi connectivity index (χ1v) is 8.98. The van der Waals surface area contributed by atoms with Gasteiger partial charge < -0.3 is 4.90 Å². The van der Waals surface area contributed by atoms with E-state index in [0.29, 0.717) is 22.6 Å². The van der Waals surface area contributed by atoms with Crippen LogP contribution in [0.5, 0.6) is 0 Å². The van der Waals surface area contributed by atoms with Gasteiger partial charge in [0.15, 0.2) is 0 Å². The number of hydrogen-bond acceptors (Lipinski definition) is 4. The number of hydrogen-bond donors (Lipinski definition) is 1. The molecule has 2 amide bonds. The van der Waals surface area contributed by atoms with E-state index in [2.05, 4.69) is 31.2 Å². The van der Waals surface area contributed by atoms with E-state index in [1.165, 1.54) is 24.3 Å². The fraction of sp³-hybridized carbons (Fsp3) is 0.294. The standard InChI is InChI=1S/C17H15BrClFN4O2/c1-24(8-15(25)23-17-21-6-10(19)7-22-17)16(26)11-3-2-9(18)4-12(11)13-5-14(13)20/h2-4,6-7,13-14H,5,8H2,1H3,(H,21,22,23,25). The van der Waals surface area contributed by atoms with Gasteiger partial charge in [-0.3, -0.25) is 14.9 Å². The summed E-state index contributed by atoms with van der Waals surface area (Å²) in [7, 11) is 1.51. The Morgan fingerprint density at radius 1 is 1.38 bits per heavy atom. The van der Waals surface area contributed by atoms with Gasteiger partial charge in [-0.25, -0.2) is 14.4 Å². The zero-order valence-electron chi connectivity index (χ0n) is 13.7. The van der Waals surface area contributed by atoms with Crippen LogP contribution in [0.4, 0.5) is 10.3 Å². The molecule has 1 aromatic heterocycles. The molecule has 6 nitrogen and oxygen atoms in total. The Morgan fingerprint density at radius 2 is 2.04 bits per heavy atom. The van der Waals surface area contributed by atoms with Gasteiger partial charge in [0, 0.05) is 23.0 Å². The second-order valence-electron chi connectivity index (χ2n) is 6.02. The number of halogens is 3. The molecule has 3 rings (SSSR count). The minimum atomic E-state index is -0.925. The fourth-order valence-electron chi connectivity index (χ4n) is 2.55. The zero-order chi connectivity index (χ0) is 18.8. The molecule has 1 N–H and O–H groups in total. The van der Waals surface area contributed by atoms with Gasteiger partial charge in [-0.2, -0.15) is 0 Å². The lowest BCUT2D eigenvalue weighted by Gasteiger charge is -2.18. The molecular formula is C17H15BrClFN4O2. The van der Waals surface area contributed by atoms with Crippen molar-refractivity contribution in [2.45, 2.75) is 18.5 Å². The van der Waals surface area contributed by atoms with E-state index < -0.39 is 12.1 Å². The van der Waals surface area contributed by atoms with E-state index in [0.717, 1.165) is 4.47 Å². The highest BCUT2D eigenvalue weighted by Crippen LogP contribution is 2.45. The molecule has 1 aromatic carbocycles. The number of alkyl halides is 1. The van der Waals surface area contributed by atoms with Gasteiger partial charge in [0.05, 0.1) is 24.0 Å². The SMILES string of the molecule is CN(CC(=O)Nc1ncc(Cl)cn1)C(=O)c1ccc(Br)cc1C1CC1F. The number of nitrogens with one attached hydrogen (secondary N) is 1. The zero-order valence-corrected chi connectivity index (χ0v) is 16.1. The molecule has 2 atom stereocenters. The summed E-state index contributed by atoms with van der Waals surface area (Å²) in [5, 5.41) is 2.84. The minimum absolute atomic E-state index is 0.0998. The molecule has 9 heteroatoms. The number of carbonyl (C=O) groups excluding carboxylic acids is 2. The lowest BCUT2D eigenvalue weighted by atomic mass is 10.0. The van der Waals surface area contributed by atoms with Gasteiger partial charge in [-0.15, -0.1) is 0 Å². The minimum Gasteiger partial charge on any atom is -0.332 e. The van der Waals surface area contributed by atoms with Crippen molar-refractivity contribution in [2.75, 3.05) is 18.9 Å². The number of benzene rings is 1. The van der Waals surface area contributed by atoms with Crippen LogP contribution < -0.4 is 5.32 Å². The molecule has 1 fully saturated rings. The van der Waals surface area contributed by atoms with Gasteiger partial charge in [0.25, 0.3) is 5.91 Å². The van der Waals surface area contributed by atoms with Crippen molar-refractivity contribution in [3.63, 3.8) is 0 Å². The van der Waals surface area contributed by atoms with Gasteiger partial charge in [0.1, 0.15) is 6.17 Å². The van der Waals surface area contributed by atoms with Crippen molar-refractivity contribution < 1.29 is 14.0 Å². The average Bonchev–Trinajstić information content (AvgIpc) is 3.33. The van der Waals surface area contributed by atoms with Crippen LogP contribution in [0.2, 0.25) is 5.02 Å². The smallest absolute Gasteiger partial charge is 0.254 e. The van der Waals surface area contributed by atoms with Crippen molar-refractivity contribution in [3.8, 4) is 0 Å². The molecule has 0 bridgehead atoms. The third kappa shape index (κ3) is 4.37. The Kier molecular flexibility index (Phi) is 5.52. The predicted molar refractivity (Wildman–Crippen MR) is 99.0 cm³/mol. The van der Waals surface area contributed by atoms with Crippen LogP contribution in [0.3, 0.4) is 0 Å². The Labute approximate surface area is 162 Å². The van der Waals surface area contributed by atoms with E-state index in [9.17, 15) is 14.0 Å². The Morgan fingerprint density at radius 3 is 2.65 bits per heavy atom. The number of nitrogens with zero attached hydrogens (tertiary/aromatic N) is 3. The molecule has 136 valence electrons. The molecule has 1 saturated carbocycles. The quantitative estimate of drug-likeness (QED) is 0.771. The maximum atomic E-state index is 13.5. The predicted octanol–water partition coefficient (Wildman–Crippen LogP) is 3.43. The largest absolute Gasteiger partial charge is 0.332 e. The van der Waals surface area contributed by atoms with E-state index in [4.69, 9.17) is 11.6 Å². The second kappa shape index (κ2) is 7.67. The van der Waals surface area contributed by atoms with Crippen molar-refractivity contribution in [3.05, 3.63) is 51.2 Å². The summed E-state index contributed by atoms with van der Waals surface area (Å²) >= 11 is 9.03. The Bertz CT molecular complexity index is 849. The number of anilines is 1. The van der Waals surface area contributed by atoms with Crippen LogP contribution in [0.1, 0.15) is 28.3 Å². The fourth-order valence-corrected chi connectivity index (χ4v) is 3.03. The van der Waals surface area contributed by atoms with E-state index in [1.807, 2.05) is 0 Å². The summed E-state index contributed by atoms with van der Waals surface area (Å²) in [5.74, 6) is -0.964. The molecule has 1 heterocycles. The van der Waals surface area contributed by atoms with Crippen LogP contribution in [0.25, 0.3) is 0 Å². The molecule has 0 spiro atoms. The number of rotatable bonds is 5. The Balaban J connectivity index is 1.68. The summed E-state index contributed by atoms with van der Waals surface area (Å²) in [6, 6.07) is 5.12. The maximum Gasteiger partial charge on any atom is 0.254 e. The second-order valence-corrected chi connectivity index (χ2v) is 7.38. The van der Waals surface area contributed by atoms with Crippen molar-refractivity contribution in [1.29, 1.82) is 0 Å². The molecule has 1 aliphatic carbocycles. The van der Waals surface area contributed by atoms with Crippen molar-refractivity contribution >= 4 is 45.3 Å². The molecule has 0 aliphatic heterocycles. The number of carbonyl (C=O) groups is 2. The number of amides is 2. The molecule has 26 heavy (non-hydrogen) atoms. The van der Waals surface area contributed by atoms with E-state index in [1.54, 1.807) is 18.2 Å². The number of aromatic nitrogens is 2. The van der Waals surface area contributed by atoms with Crippen molar-refractivity contribution in [1.82, 2.24) is 14.9 Å². The summed E-state index contributed by atoms with van der Waals surface area (Å²) in [4.78, 5) is 33.8. The van der Waals surface area contributed by atoms with Crippen molar-refractivity contribution in [2.24, 2.45) is 0 Å². The Hall–Kier alpha value is -2.06. The van der Waals surface area contributed by atoms with Crippen LogP contribution in [-0.4, -0.2) is 46.4 Å². The molecule has 2 unspecified atom stereocenters. The molecule has 0 saturated heterocycles. The highest BCUT2D eigenvalue weighted by Gasteiger charge is 2.41.